The Bertz CT molecular complexity index is 1170. The zero-order valence-electron chi connectivity index (χ0n) is 16.8. The number of benzene rings is 2. The molecule has 0 aliphatic heterocycles. The van der Waals surface area contributed by atoms with Crippen LogP contribution in [-0.2, 0) is 17.8 Å². The van der Waals surface area contributed by atoms with Gasteiger partial charge in [-0.05, 0) is 41.8 Å². The molecule has 4 aromatic rings. The van der Waals surface area contributed by atoms with Crippen LogP contribution in [0.15, 0.2) is 79.1 Å². The lowest BCUT2D eigenvalue weighted by Crippen LogP contribution is -2.26. The minimum absolute atomic E-state index is 0.192. The summed E-state index contributed by atoms with van der Waals surface area (Å²) in [5, 5.41) is 6.52. The van der Waals surface area contributed by atoms with E-state index in [9.17, 15) is 9.59 Å². The smallest absolute Gasteiger partial charge is 0.407 e. The Hall–Kier alpha value is -4.13. The molecule has 0 radical (unpaired) electrons. The molecule has 156 valence electrons. The van der Waals surface area contributed by atoms with Crippen LogP contribution in [0, 0.1) is 0 Å². The maximum atomic E-state index is 12.6. The minimum atomic E-state index is -0.451. The van der Waals surface area contributed by atoms with E-state index in [1.165, 1.54) is 0 Å². The fourth-order valence-electron chi connectivity index (χ4n) is 3.17. The van der Waals surface area contributed by atoms with E-state index in [4.69, 9.17) is 4.74 Å². The van der Waals surface area contributed by atoms with E-state index in [1.807, 2.05) is 48.5 Å². The fraction of sp³-hybridized carbons (Fsp3) is 0.125. The number of hydrogen-bond acceptors (Lipinski definition) is 4. The van der Waals surface area contributed by atoms with Crippen LogP contribution in [0.3, 0.4) is 0 Å². The van der Waals surface area contributed by atoms with Crippen LogP contribution in [0.25, 0.3) is 11.0 Å². The van der Waals surface area contributed by atoms with E-state index in [-0.39, 0.29) is 12.5 Å². The van der Waals surface area contributed by atoms with Crippen molar-refractivity contribution in [1.82, 2.24) is 15.3 Å². The highest BCUT2D eigenvalue weighted by Gasteiger charge is 2.09. The minimum Gasteiger partial charge on any atom is -0.445 e. The third kappa shape index (κ3) is 5.27. The zero-order valence-corrected chi connectivity index (χ0v) is 16.8. The molecule has 7 nitrogen and oxygen atoms in total. The molecule has 7 heteroatoms. The Morgan fingerprint density at radius 3 is 2.55 bits per heavy atom. The summed E-state index contributed by atoms with van der Waals surface area (Å²) >= 11 is 0. The number of aromatic amines is 1. The average Bonchev–Trinajstić information content (AvgIpc) is 3.29. The summed E-state index contributed by atoms with van der Waals surface area (Å²) in [6.45, 7) is 0.685. The van der Waals surface area contributed by atoms with Gasteiger partial charge in [0.15, 0.2) is 0 Å². The van der Waals surface area contributed by atoms with Crippen LogP contribution in [0.2, 0.25) is 0 Å². The first kappa shape index (κ1) is 20.2. The van der Waals surface area contributed by atoms with E-state index in [0.717, 1.165) is 22.2 Å². The van der Waals surface area contributed by atoms with Crippen molar-refractivity contribution in [1.29, 1.82) is 0 Å². The van der Waals surface area contributed by atoms with E-state index in [2.05, 4.69) is 20.6 Å². The van der Waals surface area contributed by atoms with Gasteiger partial charge in [0.1, 0.15) is 12.3 Å². The monoisotopic (exact) mass is 414 g/mol. The fourth-order valence-corrected chi connectivity index (χ4v) is 3.17. The molecule has 2 amide bonds. The number of pyridine rings is 1. The molecule has 0 atom stereocenters. The van der Waals surface area contributed by atoms with Crippen molar-refractivity contribution in [3.63, 3.8) is 0 Å². The molecule has 4 rings (SSSR count). The Labute approximate surface area is 179 Å². The van der Waals surface area contributed by atoms with Crippen molar-refractivity contribution >= 4 is 28.7 Å². The van der Waals surface area contributed by atoms with E-state index < -0.39 is 6.09 Å². The molecule has 2 heterocycles. The standard InChI is InChI=1S/C24H22N4O3/c29-23(28-21-12-15-26-22-20(21)11-14-25-22)19-8-6-17(7-9-19)10-13-27-24(30)31-16-18-4-2-1-3-5-18/h1-9,11-12,14-15H,10,13,16H2,(H,27,30)(H2,25,26,28,29). The number of fused-ring (bicyclic) bond motifs is 1. The maximum absolute atomic E-state index is 12.6. The second-order valence-electron chi connectivity index (χ2n) is 6.99. The Morgan fingerprint density at radius 1 is 0.935 bits per heavy atom. The van der Waals surface area contributed by atoms with Gasteiger partial charge in [0.25, 0.3) is 5.91 Å². The van der Waals surface area contributed by atoms with Crippen LogP contribution in [0.1, 0.15) is 21.5 Å². The first-order valence-corrected chi connectivity index (χ1v) is 9.96. The van der Waals surface area contributed by atoms with Gasteiger partial charge in [-0.15, -0.1) is 0 Å². The highest BCUT2D eigenvalue weighted by Crippen LogP contribution is 2.21. The number of aromatic nitrogens is 2. The molecule has 0 fully saturated rings. The SMILES string of the molecule is O=C(NCCc1ccc(C(=O)Nc2ccnc3[nH]ccc23)cc1)OCc1ccccc1. The van der Waals surface area contributed by atoms with Gasteiger partial charge in [-0.2, -0.15) is 0 Å². The van der Waals surface area contributed by atoms with Crippen LogP contribution in [0.4, 0.5) is 10.5 Å². The highest BCUT2D eigenvalue weighted by molar-refractivity contribution is 6.08. The lowest BCUT2D eigenvalue weighted by atomic mass is 10.1. The van der Waals surface area contributed by atoms with Crippen LogP contribution in [0.5, 0.6) is 0 Å². The predicted molar refractivity (Wildman–Crippen MR) is 119 cm³/mol. The molecule has 2 aromatic carbocycles. The molecule has 0 saturated carbocycles. The molecular weight excluding hydrogens is 392 g/mol. The molecule has 0 bridgehead atoms. The summed E-state index contributed by atoms with van der Waals surface area (Å²) < 4.78 is 5.19. The van der Waals surface area contributed by atoms with Gasteiger partial charge in [0.2, 0.25) is 0 Å². The topological polar surface area (TPSA) is 96.1 Å². The summed E-state index contributed by atoms with van der Waals surface area (Å²) in [6.07, 6.45) is 3.62. The number of amides is 2. The predicted octanol–water partition coefficient (Wildman–Crippen LogP) is 4.28. The quantitative estimate of drug-likeness (QED) is 0.420. The second-order valence-corrected chi connectivity index (χ2v) is 6.99. The molecular formula is C24H22N4O3. The van der Waals surface area contributed by atoms with Gasteiger partial charge in [-0.3, -0.25) is 4.79 Å². The van der Waals surface area contributed by atoms with Gasteiger partial charge >= 0.3 is 6.09 Å². The molecule has 0 aliphatic carbocycles. The van der Waals surface area contributed by atoms with E-state index in [1.54, 1.807) is 30.6 Å². The summed E-state index contributed by atoms with van der Waals surface area (Å²) in [5.74, 6) is -0.192. The van der Waals surface area contributed by atoms with Crippen molar-refractivity contribution in [3.05, 3.63) is 95.8 Å². The largest absolute Gasteiger partial charge is 0.445 e. The molecule has 2 aromatic heterocycles. The van der Waals surface area contributed by atoms with Gasteiger partial charge in [0, 0.05) is 29.9 Å². The maximum Gasteiger partial charge on any atom is 0.407 e. The number of alkyl carbamates (subject to hydrolysis) is 1. The van der Waals surface area contributed by atoms with Crippen LogP contribution in [-0.4, -0.2) is 28.5 Å². The number of anilines is 1. The van der Waals surface area contributed by atoms with Crippen molar-refractivity contribution in [3.8, 4) is 0 Å². The third-order valence-electron chi connectivity index (χ3n) is 4.82. The Kier molecular flexibility index (Phi) is 6.23. The molecule has 0 aliphatic rings. The Balaban J connectivity index is 1.25. The zero-order chi connectivity index (χ0) is 21.5. The number of ether oxygens (including phenoxy) is 1. The Morgan fingerprint density at radius 2 is 1.74 bits per heavy atom. The average molecular weight is 414 g/mol. The lowest BCUT2D eigenvalue weighted by molar-refractivity contribution is 0.102. The summed E-state index contributed by atoms with van der Waals surface area (Å²) in [7, 11) is 0. The van der Waals surface area contributed by atoms with Crippen LogP contribution >= 0.6 is 0 Å². The first-order valence-electron chi connectivity index (χ1n) is 9.96. The number of carbonyl (C=O) groups is 2. The van der Waals surface area contributed by atoms with Crippen molar-refractivity contribution < 1.29 is 14.3 Å². The van der Waals surface area contributed by atoms with Crippen molar-refractivity contribution in [2.75, 3.05) is 11.9 Å². The van der Waals surface area contributed by atoms with Gasteiger partial charge < -0.3 is 20.4 Å². The summed E-state index contributed by atoms with van der Waals surface area (Å²) in [4.78, 5) is 31.6. The molecule has 31 heavy (non-hydrogen) atoms. The van der Waals surface area contributed by atoms with Crippen molar-refractivity contribution in [2.45, 2.75) is 13.0 Å². The van der Waals surface area contributed by atoms with E-state index >= 15 is 0 Å². The number of nitrogens with zero attached hydrogens (tertiary/aromatic N) is 1. The lowest BCUT2D eigenvalue weighted by Gasteiger charge is -2.09. The molecule has 0 unspecified atom stereocenters. The molecule has 0 spiro atoms. The summed E-state index contributed by atoms with van der Waals surface area (Å²) in [5.41, 5.74) is 3.94. The number of H-pyrrole nitrogens is 1. The van der Waals surface area contributed by atoms with Gasteiger partial charge in [-0.1, -0.05) is 42.5 Å². The second kappa shape index (κ2) is 9.58. The number of nitrogens with one attached hydrogen (secondary N) is 3. The number of hydrogen-bond donors (Lipinski definition) is 3. The van der Waals surface area contributed by atoms with Gasteiger partial charge in [-0.25, -0.2) is 9.78 Å². The van der Waals surface area contributed by atoms with Crippen molar-refractivity contribution in [2.24, 2.45) is 0 Å². The first-order chi connectivity index (χ1) is 15.2. The number of carbonyl (C=O) groups excluding carboxylic acids is 2. The van der Waals surface area contributed by atoms with Crippen LogP contribution < -0.4 is 10.6 Å². The molecule has 3 N–H and O–H groups in total. The normalized spacial score (nSPS) is 10.6. The molecule has 0 saturated heterocycles. The van der Waals surface area contributed by atoms with E-state index in [0.29, 0.717) is 24.2 Å². The number of rotatable bonds is 7. The van der Waals surface area contributed by atoms with Gasteiger partial charge in [0.05, 0.1) is 5.69 Å². The third-order valence-corrected chi connectivity index (χ3v) is 4.82. The summed E-state index contributed by atoms with van der Waals surface area (Å²) in [6, 6.07) is 20.5. The highest BCUT2D eigenvalue weighted by atomic mass is 16.5.